The summed E-state index contributed by atoms with van der Waals surface area (Å²) in [7, 11) is 1.33. The molecule has 1 aromatic carbocycles. The smallest absolute Gasteiger partial charge is 0.328 e. The van der Waals surface area contributed by atoms with Crippen molar-refractivity contribution in [1.29, 1.82) is 0 Å². The Bertz CT molecular complexity index is 690. The lowest BCUT2D eigenvalue weighted by Crippen LogP contribution is -2.48. The number of carbonyl (C=O) groups excluding carboxylic acids is 3. The molecule has 1 heterocycles. The van der Waals surface area contributed by atoms with Gasteiger partial charge in [-0.15, -0.1) is 0 Å². The maximum absolute atomic E-state index is 12.9. The first kappa shape index (κ1) is 20.9. The lowest BCUT2D eigenvalue weighted by Gasteiger charge is -2.33. The molecule has 0 saturated carbocycles. The second-order valence-corrected chi connectivity index (χ2v) is 7.34. The Labute approximate surface area is 160 Å². The van der Waals surface area contributed by atoms with Crippen LogP contribution in [0, 0.1) is 5.92 Å². The Morgan fingerprint density at radius 3 is 2.70 bits per heavy atom. The number of anilines is 1. The van der Waals surface area contributed by atoms with E-state index in [1.807, 2.05) is 13.8 Å². The predicted molar refractivity (Wildman–Crippen MR) is 103 cm³/mol. The third kappa shape index (κ3) is 5.53. The normalized spacial score (nSPS) is 18.1. The number of nitrogens with one attached hydrogen (secondary N) is 1. The van der Waals surface area contributed by atoms with Crippen LogP contribution in [0.2, 0.25) is 0 Å². The van der Waals surface area contributed by atoms with Gasteiger partial charge in [0.2, 0.25) is 5.91 Å². The summed E-state index contributed by atoms with van der Waals surface area (Å²) >= 11 is 0. The molecule has 0 radical (unpaired) electrons. The molecule has 27 heavy (non-hydrogen) atoms. The molecule has 1 aliphatic heterocycles. The monoisotopic (exact) mass is 375 g/mol. The lowest BCUT2D eigenvalue weighted by atomic mass is 10.0. The summed E-state index contributed by atoms with van der Waals surface area (Å²) in [4.78, 5) is 38.7. The van der Waals surface area contributed by atoms with Gasteiger partial charge in [0.05, 0.1) is 13.2 Å². The van der Waals surface area contributed by atoms with E-state index in [9.17, 15) is 14.4 Å². The van der Waals surface area contributed by atoms with Crippen molar-refractivity contribution in [3.8, 4) is 0 Å². The molecular weight excluding hydrogens is 346 g/mol. The third-order valence-corrected chi connectivity index (χ3v) is 4.68. The van der Waals surface area contributed by atoms with Crippen LogP contribution in [-0.4, -0.2) is 48.4 Å². The van der Waals surface area contributed by atoms with Gasteiger partial charge in [0, 0.05) is 17.8 Å². The zero-order chi connectivity index (χ0) is 20.0. The van der Waals surface area contributed by atoms with Crippen LogP contribution < -0.4 is 11.1 Å². The second-order valence-electron chi connectivity index (χ2n) is 7.34. The number of nitrogens with zero attached hydrogens (tertiary/aromatic N) is 1. The summed E-state index contributed by atoms with van der Waals surface area (Å²) in [5.41, 5.74) is 6.84. The van der Waals surface area contributed by atoms with Crippen molar-refractivity contribution in [2.75, 3.05) is 19.0 Å². The highest BCUT2D eigenvalue weighted by Crippen LogP contribution is 2.22. The fourth-order valence-electron chi connectivity index (χ4n) is 3.30. The third-order valence-electron chi connectivity index (χ3n) is 4.68. The topological polar surface area (TPSA) is 102 Å². The van der Waals surface area contributed by atoms with Crippen molar-refractivity contribution >= 4 is 23.5 Å². The van der Waals surface area contributed by atoms with Crippen molar-refractivity contribution in [1.82, 2.24) is 4.90 Å². The highest BCUT2D eigenvalue weighted by atomic mass is 16.5. The number of amides is 2. The highest BCUT2D eigenvalue weighted by molar-refractivity contribution is 5.99. The van der Waals surface area contributed by atoms with Crippen LogP contribution in [0.15, 0.2) is 24.3 Å². The maximum atomic E-state index is 12.9. The molecule has 1 aliphatic rings. The first-order valence-corrected chi connectivity index (χ1v) is 9.38. The van der Waals surface area contributed by atoms with Crippen LogP contribution in [0.4, 0.5) is 5.69 Å². The number of hydrogen-bond acceptors (Lipinski definition) is 5. The van der Waals surface area contributed by atoms with E-state index in [0.717, 1.165) is 12.8 Å². The largest absolute Gasteiger partial charge is 0.467 e. The molecule has 7 nitrogen and oxygen atoms in total. The zero-order valence-electron chi connectivity index (χ0n) is 16.2. The van der Waals surface area contributed by atoms with Gasteiger partial charge in [-0.2, -0.15) is 0 Å². The van der Waals surface area contributed by atoms with Gasteiger partial charge in [-0.05, 0) is 49.8 Å². The van der Waals surface area contributed by atoms with E-state index in [1.165, 1.54) is 7.11 Å². The molecule has 1 aromatic rings. The molecule has 7 heteroatoms. The number of methoxy groups -OCH3 is 1. The molecule has 1 fully saturated rings. The van der Waals surface area contributed by atoms with Gasteiger partial charge >= 0.3 is 5.97 Å². The number of ether oxygens (including phenoxy) is 1. The number of rotatable bonds is 6. The number of carbonyl (C=O) groups is 3. The number of benzene rings is 1. The van der Waals surface area contributed by atoms with Gasteiger partial charge in [0.25, 0.3) is 5.91 Å². The van der Waals surface area contributed by atoms with Crippen molar-refractivity contribution in [3.05, 3.63) is 29.8 Å². The Hall–Kier alpha value is -2.41. The number of piperidine rings is 1. The van der Waals surface area contributed by atoms with Crippen LogP contribution in [0.3, 0.4) is 0 Å². The summed E-state index contributed by atoms with van der Waals surface area (Å²) in [5.74, 6) is -0.605. The minimum Gasteiger partial charge on any atom is -0.467 e. The Balaban J connectivity index is 2.12. The van der Waals surface area contributed by atoms with E-state index in [-0.39, 0.29) is 11.8 Å². The predicted octanol–water partition coefficient (Wildman–Crippen LogP) is 2.17. The van der Waals surface area contributed by atoms with Crippen molar-refractivity contribution in [3.63, 3.8) is 0 Å². The Morgan fingerprint density at radius 2 is 2.04 bits per heavy atom. The molecule has 0 aliphatic carbocycles. The fourth-order valence-corrected chi connectivity index (χ4v) is 3.30. The average Bonchev–Trinajstić information content (AvgIpc) is 2.66. The molecule has 0 spiro atoms. The number of nitrogens with two attached hydrogens (primary N) is 1. The van der Waals surface area contributed by atoms with E-state index in [4.69, 9.17) is 10.5 Å². The SMILES string of the molecule is COC(=O)C1CCCCN1C(=O)c1cccc(NC(=O)[C@@H](N)CC(C)C)c1. The quantitative estimate of drug-likeness (QED) is 0.742. The summed E-state index contributed by atoms with van der Waals surface area (Å²) in [6.07, 6.45) is 2.91. The van der Waals surface area contributed by atoms with E-state index in [2.05, 4.69) is 5.32 Å². The lowest BCUT2D eigenvalue weighted by molar-refractivity contribution is -0.147. The van der Waals surface area contributed by atoms with Crippen LogP contribution in [0.5, 0.6) is 0 Å². The van der Waals surface area contributed by atoms with Crippen LogP contribution in [0.1, 0.15) is 49.9 Å². The van der Waals surface area contributed by atoms with E-state index < -0.39 is 18.1 Å². The van der Waals surface area contributed by atoms with Gasteiger partial charge in [-0.3, -0.25) is 9.59 Å². The van der Waals surface area contributed by atoms with Crippen LogP contribution in [0.25, 0.3) is 0 Å². The summed E-state index contributed by atoms with van der Waals surface area (Å²) in [5, 5.41) is 2.76. The Morgan fingerprint density at radius 1 is 1.30 bits per heavy atom. The molecule has 2 amide bonds. The van der Waals surface area contributed by atoms with Gasteiger partial charge in [0.15, 0.2) is 0 Å². The maximum Gasteiger partial charge on any atom is 0.328 e. The molecule has 1 unspecified atom stereocenters. The van der Waals surface area contributed by atoms with Crippen molar-refractivity contribution in [2.45, 2.75) is 51.6 Å². The zero-order valence-corrected chi connectivity index (χ0v) is 16.2. The van der Waals surface area contributed by atoms with E-state index in [0.29, 0.717) is 36.6 Å². The molecular formula is C20H29N3O4. The average molecular weight is 375 g/mol. The number of likely N-dealkylation sites (tertiary alicyclic amines) is 1. The highest BCUT2D eigenvalue weighted by Gasteiger charge is 2.33. The fraction of sp³-hybridized carbons (Fsp3) is 0.550. The molecule has 0 aromatic heterocycles. The van der Waals surface area contributed by atoms with Gasteiger partial charge in [-0.1, -0.05) is 19.9 Å². The number of hydrogen-bond donors (Lipinski definition) is 2. The summed E-state index contributed by atoms with van der Waals surface area (Å²) in [6.45, 7) is 4.51. The van der Waals surface area contributed by atoms with Gasteiger partial charge in [0.1, 0.15) is 6.04 Å². The van der Waals surface area contributed by atoms with E-state index in [1.54, 1.807) is 29.2 Å². The molecule has 3 N–H and O–H groups in total. The summed E-state index contributed by atoms with van der Waals surface area (Å²) < 4.78 is 4.84. The molecule has 0 bridgehead atoms. The van der Waals surface area contributed by atoms with Crippen LogP contribution in [-0.2, 0) is 14.3 Å². The first-order valence-electron chi connectivity index (χ1n) is 9.38. The van der Waals surface area contributed by atoms with Crippen molar-refractivity contribution < 1.29 is 19.1 Å². The van der Waals surface area contributed by atoms with Crippen LogP contribution >= 0.6 is 0 Å². The minimum absolute atomic E-state index is 0.243. The molecule has 2 atom stereocenters. The standard InChI is InChI=1S/C20H29N3O4/c1-13(2)11-16(21)18(24)22-15-8-6-7-14(12-15)19(25)23-10-5-4-9-17(23)20(26)27-3/h6-8,12-13,16-17H,4-5,9-11,21H2,1-3H3,(H,22,24)/t16-,17?/m0/s1. The number of esters is 1. The van der Waals surface area contributed by atoms with Crippen molar-refractivity contribution in [2.24, 2.45) is 11.7 Å². The molecule has 148 valence electrons. The first-order chi connectivity index (χ1) is 12.8. The molecule has 2 rings (SSSR count). The molecule has 1 saturated heterocycles. The Kier molecular flexibility index (Phi) is 7.36. The second kappa shape index (κ2) is 9.50. The van der Waals surface area contributed by atoms with E-state index >= 15 is 0 Å². The van der Waals surface area contributed by atoms with Gasteiger partial charge in [-0.25, -0.2) is 4.79 Å². The summed E-state index contributed by atoms with van der Waals surface area (Å²) in [6, 6.07) is 5.54. The minimum atomic E-state index is -0.602. The van der Waals surface area contributed by atoms with Gasteiger partial charge < -0.3 is 20.7 Å².